The van der Waals surface area contributed by atoms with E-state index >= 15 is 0 Å². The molecule has 0 saturated carbocycles. The molecular formula is C12H11BrN2O3S. The summed E-state index contributed by atoms with van der Waals surface area (Å²) in [6, 6.07) is 8.11. The van der Waals surface area contributed by atoms with Crippen molar-refractivity contribution in [3.63, 3.8) is 0 Å². The number of nitrogens with one attached hydrogen (secondary N) is 1. The lowest BCUT2D eigenvalue weighted by molar-refractivity contribution is 0.282. The number of aromatic nitrogens is 1. The van der Waals surface area contributed by atoms with Crippen LogP contribution in [0.2, 0.25) is 0 Å². The van der Waals surface area contributed by atoms with Gasteiger partial charge in [0.15, 0.2) is 0 Å². The van der Waals surface area contributed by atoms with Crippen LogP contribution in [-0.2, 0) is 16.6 Å². The SMILES string of the molecule is O=S(=O)(Nc1ccccc1CO)c1cncc(Br)c1. The van der Waals surface area contributed by atoms with Gasteiger partial charge < -0.3 is 5.11 Å². The number of benzene rings is 1. The number of aliphatic hydroxyl groups excluding tert-OH is 1. The number of nitrogens with zero attached hydrogens (tertiary/aromatic N) is 1. The zero-order valence-electron chi connectivity index (χ0n) is 9.75. The van der Waals surface area contributed by atoms with Gasteiger partial charge in [-0.1, -0.05) is 18.2 Å². The fraction of sp³-hybridized carbons (Fsp3) is 0.0833. The molecule has 2 aromatic rings. The van der Waals surface area contributed by atoms with Gasteiger partial charge in [0, 0.05) is 22.4 Å². The number of anilines is 1. The molecule has 19 heavy (non-hydrogen) atoms. The van der Waals surface area contributed by atoms with Crippen LogP contribution in [0.25, 0.3) is 0 Å². The standard InChI is InChI=1S/C12H11BrN2O3S/c13-10-5-11(7-14-6-10)19(17,18)15-12-4-2-1-3-9(12)8-16/h1-7,15-16H,8H2. The van der Waals surface area contributed by atoms with Gasteiger partial charge in [0.2, 0.25) is 0 Å². The van der Waals surface area contributed by atoms with Crippen LogP contribution >= 0.6 is 15.9 Å². The van der Waals surface area contributed by atoms with Crippen molar-refractivity contribution in [2.75, 3.05) is 4.72 Å². The van der Waals surface area contributed by atoms with Gasteiger partial charge in [-0.2, -0.15) is 0 Å². The molecule has 0 aliphatic heterocycles. The van der Waals surface area contributed by atoms with Crippen LogP contribution in [0.4, 0.5) is 5.69 Å². The number of sulfonamides is 1. The Bertz CT molecular complexity index is 689. The molecule has 100 valence electrons. The van der Waals surface area contributed by atoms with Crippen LogP contribution in [-0.4, -0.2) is 18.5 Å². The Labute approximate surface area is 119 Å². The summed E-state index contributed by atoms with van der Waals surface area (Å²) in [6.07, 6.45) is 2.76. The van der Waals surface area contributed by atoms with Crippen molar-refractivity contribution in [2.45, 2.75) is 11.5 Å². The lowest BCUT2D eigenvalue weighted by atomic mass is 10.2. The largest absolute Gasteiger partial charge is 0.392 e. The summed E-state index contributed by atoms with van der Waals surface area (Å²) < 4.78 is 27.3. The van der Waals surface area contributed by atoms with E-state index in [4.69, 9.17) is 0 Å². The molecule has 1 heterocycles. The molecular weight excluding hydrogens is 332 g/mol. The molecule has 0 saturated heterocycles. The van der Waals surface area contributed by atoms with Crippen molar-refractivity contribution in [2.24, 2.45) is 0 Å². The van der Waals surface area contributed by atoms with E-state index in [1.165, 1.54) is 18.5 Å². The summed E-state index contributed by atoms with van der Waals surface area (Å²) in [5, 5.41) is 9.18. The van der Waals surface area contributed by atoms with Gasteiger partial charge in [0.05, 0.1) is 12.3 Å². The van der Waals surface area contributed by atoms with Crippen LogP contribution in [0.3, 0.4) is 0 Å². The topological polar surface area (TPSA) is 79.3 Å². The second-order valence-corrected chi connectivity index (χ2v) is 6.36. The van der Waals surface area contributed by atoms with Crippen molar-refractivity contribution < 1.29 is 13.5 Å². The molecule has 0 amide bonds. The van der Waals surface area contributed by atoms with Crippen LogP contribution in [0, 0.1) is 0 Å². The Morgan fingerprint density at radius 3 is 2.68 bits per heavy atom. The van der Waals surface area contributed by atoms with Crippen molar-refractivity contribution >= 4 is 31.6 Å². The van der Waals surface area contributed by atoms with E-state index in [1.54, 1.807) is 24.3 Å². The molecule has 0 aliphatic rings. The molecule has 0 unspecified atom stereocenters. The van der Waals surface area contributed by atoms with Gasteiger partial charge in [0.1, 0.15) is 4.90 Å². The molecule has 2 N–H and O–H groups in total. The van der Waals surface area contributed by atoms with Crippen molar-refractivity contribution in [1.29, 1.82) is 0 Å². The Hall–Kier alpha value is -1.44. The highest BCUT2D eigenvalue weighted by atomic mass is 79.9. The number of para-hydroxylation sites is 1. The maximum absolute atomic E-state index is 12.2. The fourth-order valence-corrected chi connectivity index (χ4v) is 3.11. The highest BCUT2D eigenvalue weighted by molar-refractivity contribution is 9.10. The molecule has 7 heteroatoms. The van der Waals surface area contributed by atoms with Gasteiger partial charge in [-0.05, 0) is 28.1 Å². The van der Waals surface area contributed by atoms with Gasteiger partial charge in [-0.3, -0.25) is 9.71 Å². The summed E-state index contributed by atoms with van der Waals surface area (Å²) in [5.41, 5.74) is 0.860. The monoisotopic (exact) mass is 342 g/mol. The molecule has 1 aromatic heterocycles. The molecule has 0 fully saturated rings. The zero-order valence-corrected chi connectivity index (χ0v) is 12.1. The van der Waals surface area contributed by atoms with Crippen LogP contribution in [0.5, 0.6) is 0 Å². The number of aliphatic hydroxyl groups is 1. The van der Waals surface area contributed by atoms with Crippen molar-refractivity contribution in [3.05, 3.63) is 52.8 Å². The van der Waals surface area contributed by atoms with Gasteiger partial charge in [0.25, 0.3) is 10.0 Å². The Morgan fingerprint density at radius 1 is 1.26 bits per heavy atom. The minimum Gasteiger partial charge on any atom is -0.392 e. The predicted molar refractivity (Wildman–Crippen MR) is 75.1 cm³/mol. The summed E-state index contributed by atoms with van der Waals surface area (Å²) in [5.74, 6) is 0. The van der Waals surface area contributed by atoms with Crippen LogP contribution < -0.4 is 4.72 Å². The van der Waals surface area contributed by atoms with Crippen molar-refractivity contribution in [1.82, 2.24) is 4.98 Å². The molecule has 0 radical (unpaired) electrons. The number of rotatable bonds is 4. The number of halogens is 1. The summed E-state index contributed by atoms with van der Waals surface area (Å²) in [7, 11) is -3.72. The third-order valence-corrected chi connectivity index (χ3v) is 4.19. The minimum absolute atomic E-state index is 0.0506. The molecule has 5 nitrogen and oxygen atoms in total. The van der Waals surface area contributed by atoms with Crippen LogP contribution in [0.1, 0.15) is 5.56 Å². The zero-order chi connectivity index (χ0) is 13.9. The van der Waals surface area contributed by atoms with Gasteiger partial charge in [-0.25, -0.2) is 8.42 Å². The average molecular weight is 343 g/mol. The van der Waals surface area contributed by atoms with E-state index in [0.29, 0.717) is 15.7 Å². The van der Waals surface area contributed by atoms with Gasteiger partial charge in [-0.15, -0.1) is 0 Å². The fourth-order valence-electron chi connectivity index (χ4n) is 1.50. The van der Waals surface area contributed by atoms with E-state index < -0.39 is 10.0 Å². The molecule has 1 aromatic carbocycles. The maximum Gasteiger partial charge on any atom is 0.263 e. The minimum atomic E-state index is -3.72. The third-order valence-electron chi connectivity index (χ3n) is 2.42. The van der Waals surface area contributed by atoms with Gasteiger partial charge >= 0.3 is 0 Å². The second kappa shape index (κ2) is 5.68. The van der Waals surface area contributed by atoms with E-state index in [1.807, 2.05) is 0 Å². The first-order chi connectivity index (χ1) is 9.03. The van der Waals surface area contributed by atoms with Crippen molar-refractivity contribution in [3.8, 4) is 0 Å². The summed E-state index contributed by atoms with van der Waals surface area (Å²) in [6.45, 7) is -0.241. The smallest absolute Gasteiger partial charge is 0.263 e. The Morgan fingerprint density at radius 2 is 2.00 bits per heavy atom. The van der Waals surface area contributed by atoms with E-state index in [9.17, 15) is 13.5 Å². The first kappa shape index (κ1) is 14.0. The molecule has 0 aliphatic carbocycles. The number of hydrogen-bond acceptors (Lipinski definition) is 4. The number of pyridine rings is 1. The highest BCUT2D eigenvalue weighted by Crippen LogP contribution is 2.21. The lowest BCUT2D eigenvalue weighted by Gasteiger charge is -2.11. The lowest BCUT2D eigenvalue weighted by Crippen LogP contribution is -2.14. The highest BCUT2D eigenvalue weighted by Gasteiger charge is 2.16. The summed E-state index contributed by atoms with van der Waals surface area (Å²) in [4.78, 5) is 3.87. The second-order valence-electron chi connectivity index (χ2n) is 3.76. The first-order valence-corrected chi connectivity index (χ1v) is 7.62. The molecule has 0 atom stereocenters. The van der Waals surface area contributed by atoms with E-state index in [-0.39, 0.29) is 11.5 Å². The molecule has 0 bridgehead atoms. The van der Waals surface area contributed by atoms with Crippen LogP contribution in [0.15, 0.2) is 52.1 Å². The molecule has 2 rings (SSSR count). The van der Waals surface area contributed by atoms with E-state index in [2.05, 4.69) is 25.6 Å². The Kier molecular flexibility index (Phi) is 4.18. The molecule has 0 spiro atoms. The Balaban J connectivity index is 2.37. The third kappa shape index (κ3) is 3.31. The summed E-state index contributed by atoms with van der Waals surface area (Å²) >= 11 is 3.17. The van der Waals surface area contributed by atoms with E-state index in [0.717, 1.165) is 0 Å². The quantitative estimate of drug-likeness (QED) is 0.891. The average Bonchev–Trinajstić information content (AvgIpc) is 2.39. The number of hydrogen-bond donors (Lipinski definition) is 2. The first-order valence-electron chi connectivity index (χ1n) is 5.35. The maximum atomic E-state index is 12.2. The normalized spacial score (nSPS) is 11.3. The predicted octanol–water partition coefficient (Wildman–Crippen LogP) is 2.14.